The summed E-state index contributed by atoms with van der Waals surface area (Å²) < 4.78 is 30.1. The molecule has 284 valence electrons. The van der Waals surface area contributed by atoms with Crippen molar-refractivity contribution in [3.8, 4) is 12.1 Å². The van der Waals surface area contributed by atoms with Gasteiger partial charge >= 0.3 is 5.97 Å². The van der Waals surface area contributed by atoms with Crippen molar-refractivity contribution in [1.82, 2.24) is 19.1 Å². The number of halogens is 2. The van der Waals surface area contributed by atoms with Gasteiger partial charge in [0.05, 0.1) is 53.2 Å². The Morgan fingerprint density at radius 2 is 1.15 bits per heavy atom. The van der Waals surface area contributed by atoms with Crippen molar-refractivity contribution in [3.63, 3.8) is 0 Å². The Morgan fingerprint density at radius 1 is 0.727 bits per heavy atom. The van der Waals surface area contributed by atoms with Gasteiger partial charge in [0, 0.05) is 12.5 Å². The van der Waals surface area contributed by atoms with E-state index in [1.807, 2.05) is 90.1 Å². The molecule has 6 rings (SSSR count). The standard InChI is InChI=1S/C22H22FN3O.C12H16N2.C9H7FN2O2/c1-15(16-7-9-17(10-8-16)22(2,3)13-24)11-18(27)12-26-14-25-20-6-4-5-19(23)21(20)26;1-9(14)10-4-6-11(7-5-10)12(2,3)8-13;10-6-2-1-3-7-9(6)12(5-11-7)4-8(13)14/h4-10,14-15H,11-12H2,1-3H3;4-7,9H,14H2,1-3H3;1-3,5H,4H2,(H,13,14). The Bertz CT molecular complexity index is 2350. The van der Waals surface area contributed by atoms with Crippen molar-refractivity contribution in [3.05, 3.63) is 131 Å². The molecule has 2 heterocycles. The van der Waals surface area contributed by atoms with Crippen LogP contribution in [-0.4, -0.2) is 36.0 Å². The molecule has 2 aromatic heterocycles. The van der Waals surface area contributed by atoms with Crippen LogP contribution in [0.5, 0.6) is 0 Å². The number of ketones is 1. The van der Waals surface area contributed by atoms with Crippen LogP contribution in [-0.2, 0) is 33.5 Å². The summed E-state index contributed by atoms with van der Waals surface area (Å²) >= 11 is 0. The van der Waals surface area contributed by atoms with Crippen LogP contribution in [0.15, 0.2) is 97.6 Å². The molecule has 0 saturated carbocycles. The lowest BCUT2D eigenvalue weighted by Gasteiger charge is -2.17. The van der Waals surface area contributed by atoms with Gasteiger partial charge in [0.1, 0.15) is 29.2 Å². The maximum Gasteiger partial charge on any atom is 0.323 e. The number of carbonyl (C=O) groups is 2. The van der Waals surface area contributed by atoms with Crippen LogP contribution in [0.2, 0.25) is 0 Å². The van der Waals surface area contributed by atoms with Gasteiger partial charge in [-0.25, -0.2) is 18.7 Å². The number of carbonyl (C=O) groups excluding carboxylic acids is 1. The Hall–Kier alpha value is -6.24. The van der Waals surface area contributed by atoms with Crippen LogP contribution in [0.25, 0.3) is 22.1 Å². The number of aromatic nitrogens is 4. The highest BCUT2D eigenvalue weighted by Gasteiger charge is 2.21. The number of hydrogen-bond acceptors (Lipinski definition) is 7. The van der Waals surface area contributed by atoms with E-state index in [0.29, 0.717) is 23.0 Å². The van der Waals surface area contributed by atoms with Crippen molar-refractivity contribution in [2.24, 2.45) is 5.73 Å². The predicted molar refractivity (Wildman–Crippen MR) is 208 cm³/mol. The smallest absolute Gasteiger partial charge is 0.323 e. The van der Waals surface area contributed by atoms with E-state index in [0.717, 1.165) is 22.3 Å². The minimum absolute atomic E-state index is 0.0199. The second-order valence-corrected chi connectivity index (χ2v) is 14.5. The van der Waals surface area contributed by atoms with E-state index in [1.165, 1.54) is 35.4 Å². The number of nitriles is 2. The predicted octanol–water partition coefficient (Wildman–Crippen LogP) is 8.51. The van der Waals surface area contributed by atoms with E-state index in [9.17, 15) is 23.6 Å². The SMILES string of the molecule is CC(CC(=O)Cn1cnc2cccc(F)c21)c1ccc(C(C)(C)C#N)cc1.CC(N)c1ccc(C(C)(C)C#N)cc1.O=C(O)Cn1cnc2cccc(F)c21. The Kier molecular flexibility index (Phi) is 13.4. The minimum atomic E-state index is -1.02. The number of benzene rings is 4. The highest BCUT2D eigenvalue weighted by molar-refractivity contribution is 5.82. The molecule has 0 aliphatic rings. The van der Waals surface area contributed by atoms with E-state index in [2.05, 4.69) is 22.1 Å². The number of fused-ring (bicyclic) bond motifs is 2. The van der Waals surface area contributed by atoms with Gasteiger partial charge in [-0.2, -0.15) is 10.5 Å². The molecule has 0 radical (unpaired) electrons. The third-order valence-electron chi connectivity index (χ3n) is 9.28. The summed E-state index contributed by atoms with van der Waals surface area (Å²) in [5.41, 5.74) is 10.5. The quantitative estimate of drug-likeness (QED) is 0.141. The first-order valence-electron chi connectivity index (χ1n) is 17.7. The maximum atomic E-state index is 14.0. The molecule has 2 atom stereocenters. The molecule has 2 unspecified atom stereocenters. The summed E-state index contributed by atoms with van der Waals surface area (Å²) in [6.07, 6.45) is 3.19. The fraction of sp³-hybridized carbons (Fsp3) is 0.302. The fourth-order valence-corrected chi connectivity index (χ4v) is 5.82. The number of nitrogens with two attached hydrogens (primary N) is 1. The van der Waals surface area contributed by atoms with Crippen LogP contribution in [0.1, 0.15) is 82.2 Å². The van der Waals surface area contributed by atoms with Crippen LogP contribution in [0.3, 0.4) is 0 Å². The highest BCUT2D eigenvalue weighted by atomic mass is 19.1. The second-order valence-electron chi connectivity index (χ2n) is 14.5. The van der Waals surface area contributed by atoms with Crippen LogP contribution in [0.4, 0.5) is 8.78 Å². The van der Waals surface area contributed by atoms with Crippen molar-refractivity contribution in [2.45, 2.75) is 83.8 Å². The molecule has 0 spiro atoms. The Morgan fingerprint density at radius 3 is 1.55 bits per heavy atom. The average Bonchev–Trinajstić information content (AvgIpc) is 3.77. The first-order chi connectivity index (χ1) is 26.0. The van der Waals surface area contributed by atoms with E-state index < -0.39 is 22.6 Å². The summed E-state index contributed by atoms with van der Waals surface area (Å²) in [5.74, 6) is -1.79. The summed E-state index contributed by atoms with van der Waals surface area (Å²) in [4.78, 5) is 31.0. The van der Waals surface area contributed by atoms with Crippen molar-refractivity contribution >= 4 is 33.8 Å². The van der Waals surface area contributed by atoms with E-state index in [4.69, 9.17) is 16.1 Å². The number of rotatable bonds is 10. The molecule has 0 aliphatic heterocycles. The molecule has 55 heavy (non-hydrogen) atoms. The van der Waals surface area contributed by atoms with Gasteiger partial charge < -0.3 is 20.0 Å². The topological polar surface area (TPSA) is 164 Å². The van der Waals surface area contributed by atoms with Gasteiger partial charge in [-0.1, -0.05) is 67.6 Å². The number of carboxylic acid groups (broad SMARTS) is 1. The summed E-state index contributed by atoms with van der Waals surface area (Å²) in [5, 5.41) is 26.7. The number of Topliss-reactive ketones (excluding diaryl/α,β-unsaturated/α-hetero) is 1. The summed E-state index contributed by atoms with van der Waals surface area (Å²) in [7, 11) is 0. The fourth-order valence-electron chi connectivity index (χ4n) is 5.82. The Labute approximate surface area is 319 Å². The molecule has 6 aromatic rings. The third kappa shape index (κ3) is 10.5. The summed E-state index contributed by atoms with van der Waals surface area (Å²) in [6, 6.07) is 29.5. The number of para-hydroxylation sites is 2. The number of carboxylic acids is 1. The number of hydrogen-bond donors (Lipinski definition) is 2. The van der Waals surface area contributed by atoms with Crippen molar-refractivity contribution < 1.29 is 23.5 Å². The lowest BCUT2D eigenvalue weighted by Crippen LogP contribution is -2.14. The van der Waals surface area contributed by atoms with E-state index in [-0.39, 0.29) is 42.2 Å². The zero-order valence-corrected chi connectivity index (χ0v) is 31.8. The summed E-state index contributed by atoms with van der Waals surface area (Å²) in [6.45, 7) is 11.3. The van der Waals surface area contributed by atoms with Gasteiger partial charge in [0.2, 0.25) is 0 Å². The van der Waals surface area contributed by atoms with Gasteiger partial charge in [-0.05, 0) is 87.1 Å². The lowest BCUT2D eigenvalue weighted by molar-refractivity contribution is -0.137. The Balaban J connectivity index is 0.000000202. The molecule has 0 amide bonds. The van der Waals surface area contributed by atoms with Gasteiger partial charge in [0.15, 0.2) is 5.78 Å². The van der Waals surface area contributed by atoms with Crippen LogP contribution < -0.4 is 5.73 Å². The number of aliphatic carboxylic acids is 1. The first-order valence-corrected chi connectivity index (χ1v) is 17.7. The molecule has 12 heteroatoms. The molecule has 4 aromatic carbocycles. The number of nitrogens with zero attached hydrogens (tertiary/aromatic N) is 6. The van der Waals surface area contributed by atoms with Crippen molar-refractivity contribution in [2.75, 3.05) is 0 Å². The van der Waals surface area contributed by atoms with Crippen LogP contribution in [0, 0.1) is 34.3 Å². The molecular formula is C43H45F2N7O3. The molecule has 0 bridgehead atoms. The zero-order chi connectivity index (χ0) is 40.5. The molecular weight excluding hydrogens is 701 g/mol. The molecule has 0 fully saturated rings. The lowest BCUT2D eigenvalue weighted by atomic mass is 9.84. The van der Waals surface area contributed by atoms with Gasteiger partial charge in [-0.15, -0.1) is 0 Å². The van der Waals surface area contributed by atoms with E-state index >= 15 is 0 Å². The number of imidazole rings is 2. The first kappa shape index (κ1) is 41.5. The molecule has 0 aliphatic carbocycles. The maximum absolute atomic E-state index is 14.0. The third-order valence-corrected chi connectivity index (χ3v) is 9.28. The average molecular weight is 746 g/mol. The normalized spacial score (nSPS) is 12.3. The zero-order valence-electron chi connectivity index (χ0n) is 31.8. The molecule has 10 nitrogen and oxygen atoms in total. The highest BCUT2D eigenvalue weighted by Crippen LogP contribution is 2.27. The van der Waals surface area contributed by atoms with Crippen LogP contribution >= 0.6 is 0 Å². The molecule has 3 N–H and O–H groups in total. The van der Waals surface area contributed by atoms with E-state index in [1.54, 1.807) is 22.8 Å². The second kappa shape index (κ2) is 17.7. The van der Waals surface area contributed by atoms with Crippen molar-refractivity contribution in [1.29, 1.82) is 10.5 Å². The molecule has 0 saturated heterocycles. The van der Waals surface area contributed by atoms with Gasteiger partial charge in [-0.3, -0.25) is 9.59 Å². The minimum Gasteiger partial charge on any atom is -0.480 e. The van der Waals surface area contributed by atoms with Gasteiger partial charge in [0.25, 0.3) is 0 Å². The largest absolute Gasteiger partial charge is 0.480 e. The monoisotopic (exact) mass is 745 g/mol.